The normalized spacial score (nSPS) is 23.4. The first-order valence-electron chi connectivity index (χ1n) is 6.08. The van der Waals surface area contributed by atoms with E-state index in [2.05, 4.69) is 19.2 Å². The van der Waals surface area contributed by atoms with Crippen molar-refractivity contribution in [1.29, 1.82) is 0 Å². The van der Waals surface area contributed by atoms with E-state index in [9.17, 15) is 0 Å². The Morgan fingerprint density at radius 3 is 2.43 bits per heavy atom. The lowest BCUT2D eigenvalue weighted by molar-refractivity contribution is 0.201. The standard InChI is InChI=1S/C12H25NO/c1-10(9-14)11(2)13-8-12-6-4-3-5-7-12/h10-14H,3-9H2,1-2H3. The Labute approximate surface area is 88.1 Å². The molecule has 2 unspecified atom stereocenters. The van der Waals surface area contributed by atoms with Crippen molar-refractivity contribution in [3.63, 3.8) is 0 Å². The molecule has 1 aliphatic rings. The maximum atomic E-state index is 9.00. The van der Waals surface area contributed by atoms with Gasteiger partial charge in [0.1, 0.15) is 0 Å². The minimum absolute atomic E-state index is 0.291. The van der Waals surface area contributed by atoms with Gasteiger partial charge in [-0.15, -0.1) is 0 Å². The van der Waals surface area contributed by atoms with Crippen molar-refractivity contribution in [2.45, 2.75) is 52.0 Å². The minimum atomic E-state index is 0.291. The largest absolute Gasteiger partial charge is 0.396 e. The molecule has 0 saturated heterocycles. The Morgan fingerprint density at radius 1 is 1.21 bits per heavy atom. The second-order valence-electron chi connectivity index (χ2n) is 4.86. The van der Waals surface area contributed by atoms with Crippen LogP contribution in [0.25, 0.3) is 0 Å². The third kappa shape index (κ3) is 3.97. The van der Waals surface area contributed by atoms with Crippen LogP contribution in [0.3, 0.4) is 0 Å². The van der Waals surface area contributed by atoms with Gasteiger partial charge in [0.2, 0.25) is 0 Å². The van der Waals surface area contributed by atoms with Gasteiger partial charge >= 0.3 is 0 Å². The van der Waals surface area contributed by atoms with Crippen LogP contribution in [0.5, 0.6) is 0 Å². The molecule has 2 atom stereocenters. The van der Waals surface area contributed by atoms with Crippen molar-refractivity contribution in [3.8, 4) is 0 Å². The Hall–Kier alpha value is -0.0800. The molecule has 14 heavy (non-hydrogen) atoms. The van der Waals surface area contributed by atoms with E-state index in [1.807, 2.05) is 0 Å². The summed E-state index contributed by atoms with van der Waals surface area (Å²) in [6.07, 6.45) is 7.05. The first-order valence-corrected chi connectivity index (χ1v) is 6.08. The van der Waals surface area contributed by atoms with Gasteiger partial charge in [-0.1, -0.05) is 26.2 Å². The third-order valence-corrected chi connectivity index (χ3v) is 3.59. The Bertz CT molecular complexity index is 141. The van der Waals surface area contributed by atoms with Gasteiger partial charge < -0.3 is 10.4 Å². The molecule has 0 heterocycles. The molecule has 2 N–H and O–H groups in total. The monoisotopic (exact) mass is 199 g/mol. The summed E-state index contributed by atoms with van der Waals surface area (Å²) in [5.41, 5.74) is 0. The molecule has 0 radical (unpaired) electrons. The summed E-state index contributed by atoms with van der Waals surface area (Å²) < 4.78 is 0. The number of aliphatic hydroxyl groups is 1. The van der Waals surface area contributed by atoms with E-state index < -0.39 is 0 Å². The van der Waals surface area contributed by atoms with E-state index in [4.69, 9.17) is 5.11 Å². The highest BCUT2D eigenvalue weighted by atomic mass is 16.3. The minimum Gasteiger partial charge on any atom is -0.396 e. The Kier molecular flexibility index (Phi) is 5.49. The quantitative estimate of drug-likeness (QED) is 0.711. The smallest absolute Gasteiger partial charge is 0.0471 e. The van der Waals surface area contributed by atoms with Crippen molar-refractivity contribution in [3.05, 3.63) is 0 Å². The van der Waals surface area contributed by atoms with Crippen LogP contribution >= 0.6 is 0 Å². The topological polar surface area (TPSA) is 32.3 Å². The molecule has 1 rings (SSSR count). The van der Waals surface area contributed by atoms with Gasteiger partial charge in [-0.05, 0) is 38.1 Å². The van der Waals surface area contributed by atoms with Crippen LogP contribution in [0.4, 0.5) is 0 Å². The van der Waals surface area contributed by atoms with Crippen molar-refractivity contribution in [2.75, 3.05) is 13.2 Å². The average Bonchev–Trinajstić information content (AvgIpc) is 2.26. The number of nitrogens with one attached hydrogen (secondary N) is 1. The highest BCUT2D eigenvalue weighted by Gasteiger charge is 2.16. The molecule has 0 aliphatic heterocycles. The van der Waals surface area contributed by atoms with Gasteiger partial charge in [0.15, 0.2) is 0 Å². The summed E-state index contributed by atoms with van der Waals surface area (Å²) in [5.74, 6) is 1.26. The maximum Gasteiger partial charge on any atom is 0.0471 e. The van der Waals surface area contributed by atoms with E-state index in [0.717, 1.165) is 12.5 Å². The third-order valence-electron chi connectivity index (χ3n) is 3.59. The molecule has 1 aliphatic carbocycles. The van der Waals surface area contributed by atoms with Crippen molar-refractivity contribution in [1.82, 2.24) is 5.32 Å². The number of rotatable bonds is 5. The van der Waals surface area contributed by atoms with Crippen molar-refractivity contribution < 1.29 is 5.11 Å². The summed E-state index contributed by atoms with van der Waals surface area (Å²) in [4.78, 5) is 0. The van der Waals surface area contributed by atoms with Crippen LogP contribution in [-0.4, -0.2) is 24.3 Å². The lowest BCUT2D eigenvalue weighted by atomic mass is 9.89. The summed E-state index contributed by atoms with van der Waals surface area (Å²) in [5, 5.41) is 12.5. The molecule has 0 aromatic heterocycles. The molecule has 2 heteroatoms. The van der Waals surface area contributed by atoms with E-state index in [1.54, 1.807) is 0 Å². The van der Waals surface area contributed by atoms with Gasteiger partial charge in [0.05, 0.1) is 0 Å². The lowest BCUT2D eigenvalue weighted by Gasteiger charge is -2.26. The fourth-order valence-corrected chi connectivity index (χ4v) is 2.10. The van der Waals surface area contributed by atoms with Crippen LogP contribution in [0.15, 0.2) is 0 Å². The first kappa shape index (κ1) is 12.0. The van der Waals surface area contributed by atoms with E-state index in [0.29, 0.717) is 18.6 Å². The molecule has 1 saturated carbocycles. The molecule has 0 spiro atoms. The summed E-state index contributed by atoms with van der Waals surface area (Å²) in [7, 11) is 0. The van der Waals surface area contributed by atoms with E-state index in [1.165, 1.54) is 32.1 Å². The van der Waals surface area contributed by atoms with Gasteiger partial charge in [-0.3, -0.25) is 0 Å². The van der Waals surface area contributed by atoms with E-state index in [-0.39, 0.29) is 0 Å². The number of hydrogen-bond acceptors (Lipinski definition) is 2. The van der Waals surface area contributed by atoms with Gasteiger partial charge in [-0.2, -0.15) is 0 Å². The molecule has 0 aromatic rings. The van der Waals surface area contributed by atoms with E-state index >= 15 is 0 Å². The predicted octanol–water partition coefficient (Wildman–Crippen LogP) is 2.17. The molecular formula is C12H25NO. The molecule has 84 valence electrons. The molecule has 0 amide bonds. The van der Waals surface area contributed by atoms with Crippen LogP contribution in [0.2, 0.25) is 0 Å². The molecule has 0 bridgehead atoms. The van der Waals surface area contributed by atoms with Crippen LogP contribution in [-0.2, 0) is 0 Å². The lowest BCUT2D eigenvalue weighted by Crippen LogP contribution is -2.37. The van der Waals surface area contributed by atoms with Gasteiger partial charge in [0, 0.05) is 12.6 Å². The van der Waals surface area contributed by atoms with Crippen LogP contribution in [0, 0.1) is 11.8 Å². The Morgan fingerprint density at radius 2 is 1.86 bits per heavy atom. The van der Waals surface area contributed by atoms with Gasteiger partial charge in [0.25, 0.3) is 0 Å². The Balaban J connectivity index is 2.12. The van der Waals surface area contributed by atoms with Crippen molar-refractivity contribution >= 4 is 0 Å². The maximum absolute atomic E-state index is 9.00. The zero-order valence-electron chi connectivity index (χ0n) is 9.63. The highest BCUT2D eigenvalue weighted by molar-refractivity contribution is 4.72. The number of aliphatic hydroxyl groups excluding tert-OH is 1. The SMILES string of the molecule is CC(CO)C(C)NCC1CCCCC1. The second-order valence-corrected chi connectivity index (χ2v) is 4.86. The summed E-state index contributed by atoms with van der Waals surface area (Å²) >= 11 is 0. The molecule has 1 fully saturated rings. The first-order chi connectivity index (χ1) is 6.74. The summed E-state index contributed by atoms with van der Waals surface area (Å²) in [6.45, 7) is 5.70. The van der Waals surface area contributed by atoms with Crippen LogP contribution in [0.1, 0.15) is 46.0 Å². The molecule has 0 aromatic carbocycles. The average molecular weight is 199 g/mol. The van der Waals surface area contributed by atoms with Crippen LogP contribution < -0.4 is 5.32 Å². The molecule has 2 nitrogen and oxygen atoms in total. The fourth-order valence-electron chi connectivity index (χ4n) is 2.10. The highest BCUT2D eigenvalue weighted by Crippen LogP contribution is 2.23. The fraction of sp³-hybridized carbons (Fsp3) is 1.00. The molecular weight excluding hydrogens is 174 g/mol. The van der Waals surface area contributed by atoms with Crippen molar-refractivity contribution in [2.24, 2.45) is 11.8 Å². The number of hydrogen-bond donors (Lipinski definition) is 2. The van der Waals surface area contributed by atoms with Gasteiger partial charge in [-0.25, -0.2) is 0 Å². The summed E-state index contributed by atoms with van der Waals surface area (Å²) in [6, 6.07) is 0.446. The predicted molar refractivity (Wildman–Crippen MR) is 60.3 cm³/mol. The second kappa shape index (κ2) is 6.41. The zero-order chi connectivity index (χ0) is 10.4. The zero-order valence-corrected chi connectivity index (χ0v) is 9.63.